The van der Waals surface area contributed by atoms with Gasteiger partial charge in [0.15, 0.2) is 0 Å². The summed E-state index contributed by atoms with van der Waals surface area (Å²) in [6.07, 6.45) is 2.65. The highest BCUT2D eigenvalue weighted by atomic mass is 35.5. The molecule has 3 N–H and O–H groups in total. The van der Waals surface area contributed by atoms with Gasteiger partial charge in [-0.3, -0.25) is 0 Å². The highest BCUT2D eigenvalue weighted by molar-refractivity contribution is 6.30. The molecule has 2 bridgehead atoms. The van der Waals surface area contributed by atoms with Gasteiger partial charge in [-0.15, -0.1) is 0 Å². The summed E-state index contributed by atoms with van der Waals surface area (Å²) in [6.45, 7) is 7.39. The van der Waals surface area contributed by atoms with Gasteiger partial charge in [0.25, 0.3) is 0 Å². The molecule has 3 aliphatic carbocycles. The van der Waals surface area contributed by atoms with Crippen molar-refractivity contribution in [1.82, 2.24) is 10.6 Å². The first-order valence-electron chi connectivity index (χ1n) is 8.45. The number of benzene rings is 1. The maximum absolute atomic E-state index is 11.9. The van der Waals surface area contributed by atoms with Crippen molar-refractivity contribution in [3.05, 3.63) is 29.3 Å². The SMILES string of the molecule is CC(C)(C)OC(=O)NC12CC(NCCNc3ccc(Cl)cc3)(C1)C2. The summed E-state index contributed by atoms with van der Waals surface area (Å²) >= 11 is 5.87. The molecule has 0 saturated heterocycles. The molecular weight excluding hydrogens is 326 g/mol. The van der Waals surface area contributed by atoms with E-state index in [1.54, 1.807) is 0 Å². The van der Waals surface area contributed by atoms with Gasteiger partial charge in [0.05, 0.1) is 0 Å². The number of anilines is 1. The fourth-order valence-corrected chi connectivity index (χ4v) is 3.86. The van der Waals surface area contributed by atoms with Gasteiger partial charge >= 0.3 is 6.09 Å². The Morgan fingerprint density at radius 3 is 2.33 bits per heavy atom. The zero-order valence-corrected chi connectivity index (χ0v) is 15.3. The average Bonchev–Trinajstić information content (AvgIpc) is 2.38. The molecular formula is C18H26ClN3O2. The van der Waals surface area contributed by atoms with E-state index in [-0.39, 0.29) is 17.2 Å². The lowest BCUT2D eigenvalue weighted by molar-refractivity contribution is -0.103. The molecule has 1 aromatic rings. The van der Waals surface area contributed by atoms with Crippen LogP contribution in [-0.4, -0.2) is 35.9 Å². The van der Waals surface area contributed by atoms with Crippen molar-refractivity contribution >= 4 is 23.4 Å². The number of carbonyl (C=O) groups is 1. The molecule has 0 aromatic heterocycles. The Balaban J connectivity index is 1.33. The van der Waals surface area contributed by atoms with Gasteiger partial charge in [-0.05, 0) is 64.3 Å². The topological polar surface area (TPSA) is 62.4 Å². The summed E-state index contributed by atoms with van der Waals surface area (Å²) in [5.74, 6) is 0. The van der Waals surface area contributed by atoms with Crippen LogP contribution in [0.25, 0.3) is 0 Å². The molecule has 0 spiro atoms. The van der Waals surface area contributed by atoms with Crippen molar-refractivity contribution < 1.29 is 9.53 Å². The van der Waals surface area contributed by atoms with Gasteiger partial charge in [-0.25, -0.2) is 4.79 Å². The van der Waals surface area contributed by atoms with Crippen LogP contribution in [0.3, 0.4) is 0 Å². The maximum atomic E-state index is 11.9. The molecule has 0 aliphatic heterocycles. The van der Waals surface area contributed by atoms with Crippen LogP contribution in [0.15, 0.2) is 24.3 Å². The predicted octanol–water partition coefficient (Wildman–Crippen LogP) is 3.54. The van der Waals surface area contributed by atoms with Crippen molar-refractivity contribution in [2.24, 2.45) is 0 Å². The van der Waals surface area contributed by atoms with Crippen LogP contribution in [0.5, 0.6) is 0 Å². The normalized spacial score (nSPS) is 27.7. The summed E-state index contributed by atoms with van der Waals surface area (Å²) in [7, 11) is 0. The van der Waals surface area contributed by atoms with Gasteiger partial charge in [-0.2, -0.15) is 0 Å². The number of carbonyl (C=O) groups excluding carboxylic acids is 1. The van der Waals surface area contributed by atoms with Crippen LogP contribution in [0.2, 0.25) is 5.02 Å². The first kappa shape index (κ1) is 17.4. The maximum Gasteiger partial charge on any atom is 0.408 e. The van der Waals surface area contributed by atoms with Crippen LogP contribution >= 0.6 is 11.6 Å². The Morgan fingerprint density at radius 2 is 1.75 bits per heavy atom. The number of alkyl carbamates (subject to hydrolysis) is 1. The van der Waals surface area contributed by atoms with E-state index in [4.69, 9.17) is 16.3 Å². The molecule has 6 heteroatoms. The molecule has 0 radical (unpaired) electrons. The second-order valence-corrected chi connectivity index (χ2v) is 8.51. The van der Waals surface area contributed by atoms with Gasteiger partial charge in [0.2, 0.25) is 0 Å². The lowest BCUT2D eigenvalue weighted by Gasteiger charge is -2.70. The Kier molecular flexibility index (Phi) is 4.43. The van der Waals surface area contributed by atoms with Crippen molar-refractivity contribution in [2.75, 3.05) is 18.4 Å². The largest absolute Gasteiger partial charge is 0.444 e. The number of hydrogen-bond donors (Lipinski definition) is 3. The zero-order valence-electron chi connectivity index (χ0n) is 14.5. The molecule has 1 amide bonds. The van der Waals surface area contributed by atoms with E-state index in [2.05, 4.69) is 16.0 Å². The highest BCUT2D eigenvalue weighted by Crippen LogP contribution is 2.60. The van der Waals surface area contributed by atoms with Crippen molar-refractivity contribution in [3.63, 3.8) is 0 Å². The molecule has 0 heterocycles. The minimum absolute atomic E-state index is 0.0427. The zero-order chi connectivity index (χ0) is 17.4. The van der Waals surface area contributed by atoms with Crippen LogP contribution in [-0.2, 0) is 4.74 Å². The Bertz CT molecular complexity index is 590. The standard InChI is InChI=1S/C18H26ClN3O2/c1-16(2,3)24-15(23)22-18-10-17(11-18,12-18)21-9-8-20-14-6-4-13(19)5-7-14/h4-7,20-21H,8-12H2,1-3H3,(H,22,23). The highest BCUT2D eigenvalue weighted by Gasteiger charge is 2.68. The van der Waals surface area contributed by atoms with Crippen molar-refractivity contribution in [2.45, 2.75) is 56.7 Å². The van der Waals surface area contributed by atoms with Gasteiger partial charge in [0.1, 0.15) is 5.60 Å². The van der Waals surface area contributed by atoms with Crippen LogP contribution in [0, 0.1) is 0 Å². The molecule has 4 rings (SSSR count). The number of rotatable bonds is 6. The van der Waals surface area contributed by atoms with Crippen LogP contribution < -0.4 is 16.0 Å². The summed E-state index contributed by atoms with van der Waals surface area (Å²) in [4.78, 5) is 11.9. The molecule has 5 nitrogen and oxygen atoms in total. The molecule has 132 valence electrons. The van der Waals surface area contributed by atoms with Crippen molar-refractivity contribution in [1.29, 1.82) is 0 Å². The van der Waals surface area contributed by atoms with E-state index in [0.717, 1.165) is 43.1 Å². The van der Waals surface area contributed by atoms with Crippen LogP contribution in [0.4, 0.5) is 10.5 Å². The average molecular weight is 352 g/mol. The van der Waals surface area contributed by atoms with E-state index in [1.807, 2.05) is 45.0 Å². The third kappa shape index (κ3) is 3.95. The predicted molar refractivity (Wildman–Crippen MR) is 96.6 cm³/mol. The molecule has 24 heavy (non-hydrogen) atoms. The third-order valence-electron chi connectivity index (χ3n) is 4.59. The fourth-order valence-electron chi connectivity index (χ4n) is 3.73. The summed E-state index contributed by atoms with van der Waals surface area (Å²) < 4.78 is 5.33. The first-order chi connectivity index (χ1) is 11.2. The summed E-state index contributed by atoms with van der Waals surface area (Å²) in [6, 6.07) is 7.71. The molecule has 3 fully saturated rings. The second-order valence-electron chi connectivity index (χ2n) is 8.08. The number of halogens is 1. The molecule has 0 unspecified atom stereocenters. The molecule has 3 saturated carbocycles. The van der Waals surface area contributed by atoms with E-state index in [0.29, 0.717) is 0 Å². The van der Waals surface area contributed by atoms with Gasteiger partial charge in [-0.1, -0.05) is 11.6 Å². The third-order valence-corrected chi connectivity index (χ3v) is 4.85. The lowest BCUT2D eigenvalue weighted by atomic mass is 9.44. The monoisotopic (exact) mass is 351 g/mol. The van der Waals surface area contributed by atoms with E-state index < -0.39 is 5.60 Å². The second kappa shape index (κ2) is 6.12. The van der Waals surface area contributed by atoms with E-state index in [1.165, 1.54) is 0 Å². The minimum atomic E-state index is -0.448. The quantitative estimate of drug-likeness (QED) is 0.686. The summed E-state index contributed by atoms with van der Waals surface area (Å²) in [5.41, 5.74) is 0.786. The molecule has 0 atom stereocenters. The number of nitrogens with one attached hydrogen (secondary N) is 3. The van der Waals surface area contributed by atoms with E-state index in [9.17, 15) is 4.79 Å². The van der Waals surface area contributed by atoms with Crippen molar-refractivity contribution in [3.8, 4) is 0 Å². The number of amides is 1. The molecule has 3 aliphatic rings. The van der Waals surface area contributed by atoms with Gasteiger partial charge in [0, 0.05) is 34.9 Å². The fraction of sp³-hybridized carbons (Fsp3) is 0.611. The Hall–Kier alpha value is -1.46. The number of ether oxygens (including phenoxy) is 1. The minimum Gasteiger partial charge on any atom is -0.444 e. The molecule has 1 aromatic carbocycles. The Morgan fingerprint density at radius 1 is 1.12 bits per heavy atom. The first-order valence-corrected chi connectivity index (χ1v) is 8.83. The van der Waals surface area contributed by atoms with Gasteiger partial charge < -0.3 is 20.7 Å². The smallest absolute Gasteiger partial charge is 0.408 e. The number of hydrogen-bond acceptors (Lipinski definition) is 4. The van der Waals surface area contributed by atoms with Crippen LogP contribution in [0.1, 0.15) is 40.0 Å². The summed E-state index contributed by atoms with van der Waals surface area (Å²) in [5, 5.41) is 10.8. The lowest BCUT2D eigenvalue weighted by Crippen LogP contribution is -2.83. The van der Waals surface area contributed by atoms with E-state index >= 15 is 0 Å². The Labute approximate surface area is 148 Å².